The van der Waals surface area contributed by atoms with Crippen molar-refractivity contribution in [1.82, 2.24) is 5.32 Å². The van der Waals surface area contributed by atoms with E-state index in [0.717, 1.165) is 0 Å². The summed E-state index contributed by atoms with van der Waals surface area (Å²) in [5.41, 5.74) is -1.38. The minimum atomic E-state index is -2.97. The summed E-state index contributed by atoms with van der Waals surface area (Å²) in [4.78, 5) is 0. The van der Waals surface area contributed by atoms with Crippen LogP contribution in [0.2, 0.25) is 0 Å². The van der Waals surface area contributed by atoms with Gasteiger partial charge >= 0.3 is 6.61 Å². The predicted molar refractivity (Wildman–Crippen MR) is 60.1 cm³/mol. The van der Waals surface area contributed by atoms with E-state index in [0.29, 0.717) is 6.54 Å². The summed E-state index contributed by atoms with van der Waals surface area (Å²) >= 11 is 0. The van der Waals surface area contributed by atoms with Crippen LogP contribution in [0.4, 0.5) is 17.6 Å². The fourth-order valence-electron chi connectivity index (χ4n) is 1.67. The van der Waals surface area contributed by atoms with Crippen molar-refractivity contribution in [1.29, 1.82) is 0 Å². The van der Waals surface area contributed by atoms with Crippen LogP contribution in [0.3, 0.4) is 0 Å². The van der Waals surface area contributed by atoms with Gasteiger partial charge in [-0.2, -0.15) is 8.78 Å². The average molecular weight is 265 g/mol. The van der Waals surface area contributed by atoms with Crippen molar-refractivity contribution in [2.45, 2.75) is 32.4 Å². The van der Waals surface area contributed by atoms with E-state index in [4.69, 9.17) is 0 Å². The first-order valence-electron chi connectivity index (χ1n) is 5.48. The van der Waals surface area contributed by atoms with E-state index in [9.17, 15) is 17.6 Å². The molecule has 1 rings (SSSR count). The Balaban J connectivity index is 3.05. The first-order valence-corrected chi connectivity index (χ1v) is 5.48. The minimum absolute atomic E-state index is 0.132. The van der Waals surface area contributed by atoms with Gasteiger partial charge in [0.05, 0.1) is 0 Å². The number of nitrogens with one attached hydrogen (secondary N) is 1. The highest BCUT2D eigenvalue weighted by Crippen LogP contribution is 2.30. The van der Waals surface area contributed by atoms with Gasteiger partial charge in [-0.1, -0.05) is 19.1 Å². The molecule has 0 saturated carbocycles. The van der Waals surface area contributed by atoms with Crippen LogP contribution in [-0.2, 0) is 5.54 Å². The van der Waals surface area contributed by atoms with Crippen LogP contribution in [0, 0.1) is 0 Å². The van der Waals surface area contributed by atoms with Gasteiger partial charge in [-0.15, -0.1) is 0 Å². The summed E-state index contributed by atoms with van der Waals surface area (Å²) in [6.45, 7) is 0.376. The van der Waals surface area contributed by atoms with Gasteiger partial charge in [-0.3, -0.25) is 0 Å². The lowest BCUT2D eigenvalue weighted by molar-refractivity contribution is -0.0500. The lowest BCUT2D eigenvalue weighted by Crippen LogP contribution is -2.45. The van der Waals surface area contributed by atoms with E-state index in [-0.39, 0.29) is 11.3 Å². The Morgan fingerprint density at radius 3 is 2.44 bits per heavy atom. The average Bonchev–Trinajstić information content (AvgIpc) is 2.28. The molecule has 0 bridgehead atoms. The molecule has 0 heterocycles. The topological polar surface area (TPSA) is 21.3 Å². The molecule has 6 heteroatoms. The second kappa shape index (κ2) is 6.04. The standard InChI is InChI=1S/C12H15F4NO/c1-3-17-12(2,10(13)14)8-5-4-6-9(7-8)18-11(15)16/h4-7,10-11,17H,3H2,1-2H3. The van der Waals surface area contributed by atoms with E-state index in [2.05, 4.69) is 10.1 Å². The lowest BCUT2D eigenvalue weighted by Gasteiger charge is -2.30. The van der Waals surface area contributed by atoms with Crippen molar-refractivity contribution in [3.63, 3.8) is 0 Å². The molecule has 0 aliphatic heterocycles. The van der Waals surface area contributed by atoms with E-state index < -0.39 is 18.6 Å². The molecule has 1 aromatic carbocycles. The van der Waals surface area contributed by atoms with E-state index in [1.54, 1.807) is 6.92 Å². The maximum Gasteiger partial charge on any atom is 0.387 e. The summed E-state index contributed by atoms with van der Waals surface area (Å²) < 4.78 is 54.5. The fraction of sp³-hybridized carbons (Fsp3) is 0.500. The number of ether oxygens (including phenoxy) is 1. The Morgan fingerprint density at radius 2 is 1.94 bits per heavy atom. The van der Waals surface area contributed by atoms with Crippen LogP contribution < -0.4 is 10.1 Å². The van der Waals surface area contributed by atoms with Crippen molar-refractivity contribution in [3.8, 4) is 5.75 Å². The normalized spacial score (nSPS) is 14.9. The molecular formula is C12H15F4NO. The monoisotopic (exact) mass is 265 g/mol. The zero-order valence-electron chi connectivity index (χ0n) is 10.1. The molecule has 0 fully saturated rings. The third-order valence-corrected chi connectivity index (χ3v) is 2.64. The highest BCUT2D eigenvalue weighted by Gasteiger charge is 2.36. The van der Waals surface area contributed by atoms with Crippen molar-refractivity contribution in [2.75, 3.05) is 6.54 Å². The number of rotatable bonds is 6. The molecule has 1 atom stereocenters. The van der Waals surface area contributed by atoms with Gasteiger partial charge in [-0.25, -0.2) is 8.78 Å². The molecule has 0 aliphatic rings. The summed E-state index contributed by atoms with van der Waals surface area (Å²) in [7, 11) is 0. The smallest absolute Gasteiger partial charge is 0.387 e. The second-order valence-corrected chi connectivity index (χ2v) is 3.94. The van der Waals surface area contributed by atoms with Crippen LogP contribution in [0.15, 0.2) is 24.3 Å². The van der Waals surface area contributed by atoms with Crippen LogP contribution in [-0.4, -0.2) is 19.6 Å². The Bertz CT molecular complexity index is 386. The summed E-state index contributed by atoms with van der Waals surface area (Å²) in [5, 5.41) is 2.66. The maximum absolute atomic E-state index is 13.1. The number of hydrogen-bond donors (Lipinski definition) is 1. The maximum atomic E-state index is 13.1. The summed E-state index contributed by atoms with van der Waals surface area (Å²) in [6, 6.07) is 5.35. The molecule has 1 aromatic rings. The molecule has 0 radical (unpaired) electrons. The Kier molecular flexibility index (Phi) is 4.95. The molecule has 0 amide bonds. The number of halogens is 4. The van der Waals surface area contributed by atoms with Crippen molar-refractivity contribution >= 4 is 0 Å². The van der Waals surface area contributed by atoms with Crippen molar-refractivity contribution in [2.24, 2.45) is 0 Å². The van der Waals surface area contributed by atoms with Crippen LogP contribution in [0.1, 0.15) is 19.4 Å². The van der Waals surface area contributed by atoms with E-state index in [1.165, 1.54) is 31.2 Å². The van der Waals surface area contributed by atoms with Crippen molar-refractivity contribution in [3.05, 3.63) is 29.8 Å². The SMILES string of the molecule is CCNC(C)(c1cccc(OC(F)F)c1)C(F)F. The zero-order chi connectivity index (χ0) is 13.8. The second-order valence-electron chi connectivity index (χ2n) is 3.94. The highest BCUT2D eigenvalue weighted by molar-refractivity contribution is 5.33. The van der Waals surface area contributed by atoms with Gasteiger partial charge < -0.3 is 10.1 Å². The quantitative estimate of drug-likeness (QED) is 0.796. The predicted octanol–water partition coefficient (Wildman–Crippen LogP) is 3.38. The van der Waals surface area contributed by atoms with Gasteiger partial charge in [0.15, 0.2) is 0 Å². The molecule has 0 aliphatic carbocycles. The zero-order valence-corrected chi connectivity index (χ0v) is 10.1. The first kappa shape index (κ1) is 14.8. The van der Waals surface area contributed by atoms with Gasteiger partial charge in [0.25, 0.3) is 6.43 Å². The van der Waals surface area contributed by atoms with Crippen LogP contribution in [0.25, 0.3) is 0 Å². The molecule has 2 nitrogen and oxygen atoms in total. The van der Waals surface area contributed by atoms with Gasteiger partial charge in [-0.05, 0) is 31.2 Å². The molecule has 0 saturated heterocycles. The van der Waals surface area contributed by atoms with Crippen LogP contribution in [0.5, 0.6) is 5.75 Å². The number of benzene rings is 1. The molecule has 1 N–H and O–H groups in total. The van der Waals surface area contributed by atoms with Crippen molar-refractivity contribution < 1.29 is 22.3 Å². The molecule has 0 aromatic heterocycles. The van der Waals surface area contributed by atoms with Gasteiger partial charge in [0.2, 0.25) is 0 Å². The molecule has 102 valence electrons. The lowest BCUT2D eigenvalue weighted by atomic mass is 9.92. The third kappa shape index (κ3) is 3.35. The van der Waals surface area contributed by atoms with E-state index >= 15 is 0 Å². The van der Waals surface area contributed by atoms with Gasteiger partial charge in [0.1, 0.15) is 11.3 Å². The molecule has 1 unspecified atom stereocenters. The minimum Gasteiger partial charge on any atom is -0.435 e. The number of alkyl halides is 4. The molecule has 18 heavy (non-hydrogen) atoms. The van der Waals surface area contributed by atoms with Crippen LogP contribution >= 0.6 is 0 Å². The molecular weight excluding hydrogens is 250 g/mol. The largest absolute Gasteiger partial charge is 0.435 e. The first-order chi connectivity index (χ1) is 8.40. The highest BCUT2D eigenvalue weighted by atomic mass is 19.3. The molecule has 0 spiro atoms. The fourth-order valence-corrected chi connectivity index (χ4v) is 1.67. The third-order valence-electron chi connectivity index (χ3n) is 2.64. The number of hydrogen-bond acceptors (Lipinski definition) is 2. The Morgan fingerprint density at radius 1 is 1.28 bits per heavy atom. The Hall–Kier alpha value is -1.30. The van der Waals surface area contributed by atoms with E-state index in [1.807, 2.05) is 0 Å². The van der Waals surface area contributed by atoms with Gasteiger partial charge in [0, 0.05) is 0 Å². The Labute approximate surface area is 103 Å². The summed E-state index contributed by atoms with van der Waals surface area (Å²) in [6.07, 6.45) is -2.67. The summed E-state index contributed by atoms with van der Waals surface area (Å²) in [5.74, 6) is -0.132.